The number of hydrogen-bond donors (Lipinski definition) is 2. The third kappa shape index (κ3) is 2.86. The topological polar surface area (TPSA) is 63.8 Å². The molecule has 3 N–H and O–H groups in total. The van der Waals surface area contributed by atoms with Crippen LogP contribution in [0.1, 0.15) is 11.8 Å². The van der Waals surface area contributed by atoms with Crippen LogP contribution >= 0.6 is 27.3 Å². The van der Waals surface area contributed by atoms with Gasteiger partial charge in [0.15, 0.2) is 0 Å². The van der Waals surface area contributed by atoms with E-state index in [9.17, 15) is 0 Å². The van der Waals surface area contributed by atoms with Gasteiger partial charge in [0.25, 0.3) is 0 Å². The van der Waals surface area contributed by atoms with Crippen LogP contribution in [0, 0.1) is 0 Å². The molecule has 0 saturated heterocycles. The first kappa shape index (κ1) is 15.4. The zero-order chi connectivity index (χ0) is 15.5. The summed E-state index contributed by atoms with van der Waals surface area (Å²) in [6.45, 7) is 3.45. The Morgan fingerprint density at radius 3 is 2.68 bits per heavy atom. The molecule has 0 aliphatic carbocycles. The maximum Gasteiger partial charge on any atom is 0.138 e. The molecule has 0 spiro atoms. The van der Waals surface area contributed by atoms with Gasteiger partial charge in [-0.3, -0.25) is 0 Å². The Balaban J connectivity index is 2.23. The fraction of sp³-hybridized carbons (Fsp3) is 0.250. The fourth-order valence-electron chi connectivity index (χ4n) is 2.47. The summed E-state index contributed by atoms with van der Waals surface area (Å²) in [6.07, 6.45) is 2.59. The second-order valence-electron chi connectivity index (χ2n) is 4.88. The molecule has 2 heterocycles. The highest BCUT2D eigenvalue weighted by molar-refractivity contribution is 9.10. The first-order valence-corrected chi connectivity index (χ1v) is 8.81. The molecule has 22 heavy (non-hydrogen) atoms. The van der Waals surface area contributed by atoms with E-state index in [1.807, 2.05) is 0 Å². The summed E-state index contributed by atoms with van der Waals surface area (Å²) in [5.74, 6) is 0.865. The number of aryl methyl sites for hydroxylation is 1. The van der Waals surface area contributed by atoms with Crippen LogP contribution in [0.5, 0.6) is 0 Å². The van der Waals surface area contributed by atoms with Crippen LogP contribution in [0.4, 0.5) is 5.82 Å². The molecule has 2 aromatic heterocycles. The fourth-order valence-corrected chi connectivity index (χ4v) is 3.84. The lowest BCUT2D eigenvalue weighted by Crippen LogP contribution is -2.14. The predicted molar refractivity (Wildman–Crippen MR) is 97.5 cm³/mol. The Labute approximate surface area is 141 Å². The number of hydrogen-bond acceptors (Lipinski definition) is 5. The van der Waals surface area contributed by atoms with E-state index in [4.69, 9.17) is 5.73 Å². The SMILES string of the molecule is CCc1sc2ncnc(NCCN)c2c1-c1ccc(Br)cc1. The van der Waals surface area contributed by atoms with Gasteiger partial charge in [-0.2, -0.15) is 0 Å². The van der Waals surface area contributed by atoms with Crippen LogP contribution in [0.15, 0.2) is 35.1 Å². The summed E-state index contributed by atoms with van der Waals surface area (Å²) < 4.78 is 1.08. The number of thiophene rings is 1. The van der Waals surface area contributed by atoms with Gasteiger partial charge in [-0.15, -0.1) is 11.3 Å². The lowest BCUT2D eigenvalue weighted by atomic mass is 10.0. The first-order valence-electron chi connectivity index (χ1n) is 7.20. The summed E-state index contributed by atoms with van der Waals surface area (Å²) in [6, 6.07) is 8.39. The largest absolute Gasteiger partial charge is 0.368 e. The van der Waals surface area contributed by atoms with Crippen molar-refractivity contribution in [3.63, 3.8) is 0 Å². The van der Waals surface area contributed by atoms with Crippen LogP contribution < -0.4 is 11.1 Å². The van der Waals surface area contributed by atoms with E-state index >= 15 is 0 Å². The van der Waals surface area contributed by atoms with Crippen molar-refractivity contribution in [1.29, 1.82) is 0 Å². The van der Waals surface area contributed by atoms with E-state index in [1.165, 1.54) is 16.0 Å². The molecule has 0 unspecified atom stereocenters. The maximum absolute atomic E-state index is 5.61. The standard InChI is InChI=1S/C16H17BrN4S/c1-2-12-13(10-3-5-11(17)6-4-10)14-15(19-8-7-18)20-9-21-16(14)22-12/h3-6,9H,2,7-8,18H2,1H3,(H,19,20,21). The normalized spacial score (nSPS) is 11.0. The Bertz CT molecular complexity index is 783. The van der Waals surface area contributed by atoms with Gasteiger partial charge in [0.05, 0.1) is 5.39 Å². The first-order chi connectivity index (χ1) is 10.7. The number of fused-ring (bicyclic) bond motifs is 1. The molecule has 0 aliphatic rings. The molecule has 0 bridgehead atoms. The highest BCUT2D eigenvalue weighted by atomic mass is 79.9. The van der Waals surface area contributed by atoms with Gasteiger partial charge in [0, 0.05) is 28.0 Å². The average Bonchev–Trinajstić information content (AvgIpc) is 2.93. The lowest BCUT2D eigenvalue weighted by Gasteiger charge is -2.08. The quantitative estimate of drug-likeness (QED) is 0.704. The third-order valence-electron chi connectivity index (χ3n) is 3.45. The number of anilines is 1. The molecule has 3 aromatic rings. The number of halogens is 1. The van der Waals surface area contributed by atoms with Gasteiger partial charge in [-0.05, 0) is 24.1 Å². The van der Waals surface area contributed by atoms with Crippen LogP contribution in [-0.2, 0) is 6.42 Å². The van der Waals surface area contributed by atoms with E-state index in [0.717, 1.165) is 26.9 Å². The predicted octanol–water partition coefficient (Wildman–Crippen LogP) is 4.05. The van der Waals surface area contributed by atoms with Gasteiger partial charge >= 0.3 is 0 Å². The lowest BCUT2D eigenvalue weighted by molar-refractivity contribution is 1.01. The van der Waals surface area contributed by atoms with Crippen molar-refractivity contribution in [1.82, 2.24) is 9.97 Å². The van der Waals surface area contributed by atoms with Crippen molar-refractivity contribution in [2.45, 2.75) is 13.3 Å². The maximum atomic E-state index is 5.61. The van der Waals surface area contributed by atoms with Crippen molar-refractivity contribution in [3.8, 4) is 11.1 Å². The van der Waals surface area contributed by atoms with Crippen LogP contribution in [0.2, 0.25) is 0 Å². The summed E-state index contributed by atoms with van der Waals surface area (Å²) in [5, 5.41) is 4.41. The summed E-state index contributed by atoms with van der Waals surface area (Å²) >= 11 is 5.23. The highest BCUT2D eigenvalue weighted by Gasteiger charge is 2.17. The minimum Gasteiger partial charge on any atom is -0.368 e. The smallest absolute Gasteiger partial charge is 0.138 e. The Hall–Kier alpha value is -1.50. The van der Waals surface area contributed by atoms with Crippen LogP contribution in [0.25, 0.3) is 21.3 Å². The van der Waals surface area contributed by atoms with Gasteiger partial charge in [-0.1, -0.05) is 35.0 Å². The van der Waals surface area contributed by atoms with Crippen molar-refractivity contribution >= 4 is 43.3 Å². The second kappa shape index (κ2) is 6.73. The molecular formula is C16H17BrN4S. The molecule has 114 valence electrons. The molecular weight excluding hydrogens is 360 g/mol. The van der Waals surface area contributed by atoms with Gasteiger partial charge in [-0.25, -0.2) is 9.97 Å². The molecule has 0 atom stereocenters. The van der Waals surface area contributed by atoms with Crippen molar-refractivity contribution in [3.05, 3.63) is 39.9 Å². The summed E-state index contributed by atoms with van der Waals surface area (Å²) in [4.78, 5) is 11.2. The minimum atomic E-state index is 0.573. The third-order valence-corrected chi connectivity index (χ3v) is 5.22. The van der Waals surface area contributed by atoms with Gasteiger partial charge in [0.2, 0.25) is 0 Å². The molecule has 0 saturated carbocycles. The number of rotatable bonds is 5. The van der Waals surface area contributed by atoms with E-state index in [-0.39, 0.29) is 0 Å². The minimum absolute atomic E-state index is 0.573. The Morgan fingerprint density at radius 1 is 1.23 bits per heavy atom. The highest BCUT2D eigenvalue weighted by Crippen LogP contribution is 2.41. The van der Waals surface area contributed by atoms with E-state index in [0.29, 0.717) is 13.1 Å². The number of aromatic nitrogens is 2. The van der Waals surface area contributed by atoms with Crippen LogP contribution in [0.3, 0.4) is 0 Å². The molecule has 6 heteroatoms. The number of benzene rings is 1. The van der Waals surface area contributed by atoms with E-state index < -0.39 is 0 Å². The molecule has 1 aromatic carbocycles. The average molecular weight is 377 g/mol. The molecule has 0 aliphatic heterocycles. The van der Waals surface area contributed by atoms with Crippen LogP contribution in [-0.4, -0.2) is 23.1 Å². The summed E-state index contributed by atoms with van der Waals surface area (Å²) in [5.41, 5.74) is 8.03. The number of nitrogens with zero attached hydrogens (tertiary/aromatic N) is 2. The Morgan fingerprint density at radius 2 is 2.00 bits per heavy atom. The van der Waals surface area contributed by atoms with Crippen molar-refractivity contribution in [2.24, 2.45) is 5.73 Å². The zero-order valence-electron chi connectivity index (χ0n) is 12.3. The molecule has 0 radical (unpaired) electrons. The molecule has 0 amide bonds. The Kier molecular flexibility index (Phi) is 4.71. The van der Waals surface area contributed by atoms with E-state index in [1.54, 1.807) is 17.7 Å². The molecule has 0 fully saturated rings. The number of nitrogens with two attached hydrogens (primary N) is 1. The van der Waals surface area contributed by atoms with Gasteiger partial charge in [0.1, 0.15) is 17.0 Å². The second-order valence-corrected chi connectivity index (χ2v) is 6.88. The van der Waals surface area contributed by atoms with E-state index in [2.05, 4.69) is 62.4 Å². The van der Waals surface area contributed by atoms with Crippen molar-refractivity contribution in [2.75, 3.05) is 18.4 Å². The molecule has 4 nitrogen and oxygen atoms in total. The van der Waals surface area contributed by atoms with Crippen molar-refractivity contribution < 1.29 is 0 Å². The van der Waals surface area contributed by atoms with Gasteiger partial charge < -0.3 is 11.1 Å². The molecule has 3 rings (SSSR count). The monoisotopic (exact) mass is 376 g/mol. The zero-order valence-corrected chi connectivity index (χ0v) is 14.7. The summed E-state index contributed by atoms with van der Waals surface area (Å²) in [7, 11) is 0. The number of nitrogens with one attached hydrogen (secondary N) is 1.